The van der Waals surface area contributed by atoms with Crippen molar-refractivity contribution in [3.63, 3.8) is 0 Å². The van der Waals surface area contributed by atoms with Crippen molar-refractivity contribution in [3.05, 3.63) is 0 Å². The summed E-state index contributed by atoms with van der Waals surface area (Å²) in [5.41, 5.74) is -1.34. The molecule has 0 bridgehead atoms. The summed E-state index contributed by atoms with van der Waals surface area (Å²) in [6.07, 6.45) is 3.62. The lowest BCUT2D eigenvalue weighted by atomic mass is 9.85. The molecule has 0 radical (unpaired) electrons. The zero-order valence-corrected chi connectivity index (χ0v) is 8.41. The summed E-state index contributed by atoms with van der Waals surface area (Å²) in [6, 6.07) is 0. The van der Waals surface area contributed by atoms with Crippen molar-refractivity contribution < 1.29 is 19.4 Å². The Morgan fingerprint density at radius 2 is 1.86 bits per heavy atom. The second kappa shape index (κ2) is 4.55. The van der Waals surface area contributed by atoms with Gasteiger partial charge in [0.1, 0.15) is 6.61 Å². The predicted octanol–water partition coefficient (Wildman–Crippen LogP) is 0.814. The standard InChI is InChI=1S/C10H16O4/c1-8(11)7-14-9(12)10(13)5-3-2-4-6-10/h13H,2-7H2,1H3. The largest absolute Gasteiger partial charge is 0.456 e. The third-order valence-corrected chi connectivity index (χ3v) is 2.47. The molecule has 80 valence electrons. The van der Waals surface area contributed by atoms with E-state index in [1.54, 1.807) is 0 Å². The number of ether oxygens (including phenoxy) is 1. The van der Waals surface area contributed by atoms with Crippen LogP contribution in [0.3, 0.4) is 0 Å². The fourth-order valence-electron chi connectivity index (χ4n) is 1.64. The lowest BCUT2D eigenvalue weighted by Gasteiger charge is -2.29. The molecule has 14 heavy (non-hydrogen) atoms. The summed E-state index contributed by atoms with van der Waals surface area (Å²) in [5.74, 6) is -0.856. The highest BCUT2D eigenvalue weighted by Gasteiger charge is 2.38. The van der Waals surface area contributed by atoms with Gasteiger partial charge in [-0.25, -0.2) is 4.79 Å². The molecule has 0 heterocycles. The van der Waals surface area contributed by atoms with Gasteiger partial charge < -0.3 is 9.84 Å². The molecular formula is C10H16O4. The first kappa shape index (κ1) is 11.2. The zero-order chi connectivity index (χ0) is 10.6. The van der Waals surface area contributed by atoms with E-state index in [2.05, 4.69) is 0 Å². The molecule has 1 aliphatic rings. The minimum atomic E-state index is -1.34. The Labute approximate surface area is 83.2 Å². The maximum absolute atomic E-state index is 11.4. The molecule has 0 amide bonds. The summed E-state index contributed by atoms with van der Waals surface area (Å²) in [7, 11) is 0. The molecule has 0 unspecified atom stereocenters. The van der Waals surface area contributed by atoms with Gasteiger partial charge in [0.2, 0.25) is 0 Å². The average Bonchev–Trinajstić information content (AvgIpc) is 2.15. The van der Waals surface area contributed by atoms with Gasteiger partial charge in [-0.1, -0.05) is 6.42 Å². The van der Waals surface area contributed by atoms with Gasteiger partial charge in [-0.15, -0.1) is 0 Å². The Balaban J connectivity index is 2.45. The number of ketones is 1. The van der Waals surface area contributed by atoms with Crippen molar-refractivity contribution in [3.8, 4) is 0 Å². The molecule has 4 nitrogen and oxygen atoms in total. The quantitative estimate of drug-likeness (QED) is 0.685. The number of rotatable bonds is 3. The minimum Gasteiger partial charge on any atom is -0.456 e. The average molecular weight is 200 g/mol. The summed E-state index contributed by atoms with van der Waals surface area (Å²) < 4.78 is 4.71. The van der Waals surface area contributed by atoms with E-state index in [1.807, 2.05) is 0 Å². The monoisotopic (exact) mass is 200 g/mol. The summed E-state index contributed by atoms with van der Waals surface area (Å²) in [6.45, 7) is 1.11. The topological polar surface area (TPSA) is 63.6 Å². The van der Waals surface area contributed by atoms with E-state index in [0.717, 1.165) is 19.3 Å². The fourth-order valence-corrected chi connectivity index (χ4v) is 1.64. The number of esters is 1. The van der Waals surface area contributed by atoms with Crippen molar-refractivity contribution in [1.82, 2.24) is 0 Å². The molecular weight excluding hydrogens is 184 g/mol. The van der Waals surface area contributed by atoms with Crippen molar-refractivity contribution >= 4 is 11.8 Å². The molecule has 0 atom stereocenters. The van der Waals surface area contributed by atoms with E-state index in [1.165, 1.54) is 6.92 Å². The van der Waals surface area contributed by atoms with E-state index < -0.39 is 11.6 Å². The van der Waals surface area contributed by atoms with Crippen LogP contribution in [0, 0.1) is 0 Å². The smallest absolute Gasteiger partial charge is 0.338 e. The number of carbonyl (C=O) groups is 2. The molecule has 0 saturated heterocycles. The van der Waals surface area contributed by atoms with Gasteiger partial charge in [-0.05, 0) is 32.6 Å². The molecule has 1 saturated carbocycles. The molecule has 4 heteroatoms. The van der Waals surface area contributed by atoms with Crippen LogP contribution in [0.4, 0.5) is 0 Å². The molecule has 0 aromatic carbocycles. The predicted molar refractivity (Wildman–Crippen MR) is 49.7 cm³/mol. The van der Waals surface area contributed by atoms with E-state index in [-0.39, 0.29) is 12.4 Å². The van der Waals surface area contributed by atoms with Crippen LogP contribution in [0.25, 0.3) is 0 Å². The normalized spacial score (nSPS) is 20.1. The van der Waals surface area contributed by atoms with Crippen LogP contribution >= 0.6 is 0 Å². The summed E-state index contributed by atoms with van der Waals surface area (Å²) in [4.78, 5) is 22.0. The first-order valence-corrected chi connectivity index (χ1v) is 4.94. The number of Topliss-reactive ketones (excluding diaryl/α,β-unsaturated/α-hetero) is 1. The second-order valence-corrected chi connectivity index (χ2v) is 3.87. The van der Waals surface area contributed by atoms with Gasteiger partial charge >= 0.3 is 5.97 Å². The van der Waals surface area contributed by atoms with E-state index in [9.17, 15) is 14.7 Å². The summed E-state index contributed by atoms with van der Waals surface area (Å²) in [5, 5.41) is 9.87. The first-order chi connectivity index (χ1) is 6.54. The Kier molecular flexibility index (Phi) is 3.63. The van der Waals surface area contributed by atoms with Crippen LogP contribution in [0.2, 0.25) is 0 Å². The van der Waals surface area contributed by atoms with Crippen molar-refractivity contribution in [2.24, 2.45) is 0 Å². The van der Waals surface area contributed by atoms with Gasteiger partial charge in [0.25, 0.3) is 0 Å². The van der Waals surface area contributed by atoms with Crippen LogP contribution in [0.15, 0.2) is 0 Å². The Bertz CT molecular complexity index is 228. The van der Waals surface area contributed by atoms with Crippen LogP contribution < -0.4 is 0 Å². The number of hydrogen-bond acceptors (Lipinski definition) is 4. The Morgan fingerprint density at radius 3 is 2.36 bits per heavy atom. The minimum absolute atomic E-state index is 0.210. The summed E-state index contributed by atoms with van der Waals surface area (Å²) >= 11 is 0. The SMILES string of the molecule is CC(=O)COC(=O)C1(O)CCCCC1. The Hall–Kier alpha value is -0.900. The van der Waals surface area contributed by atoms with E-state index in [4.69, 9.17) is 4.74 Å². The Morgan fingerprint density at radius 1 is 1.29 bits per heavy atom. The van der Waals surface area contributed by atoms with Crippen molar-refractivity contribution in [2.45, 2.75) is 44.6 Å². The maximum atomic E-state index is 11.4. The van der Waals surface area contributed by atoms with Gasteiger partial charge in [0.15, 0.2) is 11.4 Å². The van der Waals surface area contributed by atoms with Gasteiger partial charge in [0, 0.05) is 0 Å². The lowest BCUT2D eigenvalue weighted by molar-refractivity contribution is -0.170. The number of aliphatic hydroxyl groups is 1. The van der Waals surface area contributed by atoms with E-state index in [0.29, 0.717) is 12.8 Å². The van der Waals surface area contributed by atoms with E-state index >= 15 is 0 Å². The van der Waals surface area contributed by atoms with Gasteiger partial charge in [-0.2, -0.15) is 0 Å². The first-order valence-electron chi connectivity index (χ1n) is 4.94. The number of hydrogen-bond donors (Lipinski definition) is 1. The molecule has 0 aromatic heterocycles. The van der Waals surface area contributed by atoms with Gasteiger partial charge in [0.05, 0.1) is 0 Å². The third kappa shape index (κ3) is 2.80. The van der Waals surface area contributed by atoms with Crippen LogP contribution in [-0.4, -0.2) is 29.1 Å². The highest BCUT2D eigenvalue weighted by atomic mass is 16.6. The molecule has 1 aliphatic carbocycles. The molecule has 1 rings (SSSR count). The lowest BCUT2D eigenvalue weighted by Crippen LogP contribution is -2.42. The van der Waals surface area contributed by atoms with Gasteiger partial charge in [-0.3, -0.25) is 4.79 Å². The second-order valence-electron chi connectivity index (χ2n) is 3.87. The highest BCUT2D eigenvalue weighted by molar-refractivity contribution is 5.83. The van der Waals surface area contributed by atoms with Crippen LogP contribution in [0.1, 0.15) is 39.0 Å². The molecule has 1 fully saturated rings. The highest BCUT2D eigenvalue weighted by Crippen LogP contribution is 2.28. The molecule has 0 spiro atoms. The third-order valence-electron chi connectivity index (χ3n) is 2.47. The molecule has 0 aliphatic heterocycles. The fraction of sp³-hybridized carbons (Fsp3) is 0.800. The van der Waals surface area contributed by atoms with Crippen LogP contribution in [-0.2, 0) is 14.3 Å². The number of carbonyl (C=O) groups excluding carboxylic acids is 2. The van der Waals surface area contributed by atoms with Crippen molar-refractivity contribution in [2.75, 3.05) is 6.61 Å². The van der Waals surface area contributed by atoms with Crippen LogP contribution in [0.5, 0.6) is 0 Å². The maximum Gasteiger partial charge on any atom is 0.338 e. The molecule has 1 N–H and O–H groups in total. The van der Waals surface area contributed by atoms with Crippen molar-refractivity contribution in [1.29, 1.82) is 0 Å². The zero-order valence-electron chi connectivity index (χ0n) is 8.41. The molecule has 0 aromatic rings.